The molecular weight excluding hydrogens is 928 g/mol. The van der Waals surface area contributed by atoms with Crippen molar-refractivity contribution in [2.45, 2.75) is 303 Å². The molecule has 1 amide bonds. The van der Waals surface area contributed by atoms with Crippen LogP contribution in [0.1, 0.15) is 290 Å². The Kier molecular flexibility index (Phi) is 51.9. The number of nitrogens with zero attached hydrogens (tertiary/aromatic N) is 1. The average Bonchev–Trinajstić information content (AvgIpc) is 3.35. The van der Waals surface area contributed by atoms with Gasteiger partial charge in [0.25, 0.3) is 0 Å². The van der Waals surface area contributed by atoms with Crippen molar-refractivity contribution < 1.29 is 37.3 Å². The van der Waals surface area contributed by atoms with Crippen molar-refractivity contribution in [3.63, 3.8) is 0 Å². The van der Waals surface area contributed by atoms with E-state index in [0.717, 1.165) is 83.5 Å². The lowest BCUT2D eigenvalue weighted by Crippen LogP contribution is -2.47. The van der Waals surface area contributed by atoms with Crippen LogP contribution in [0.2, 0.25) is 0 Å². The molecule has 9 nitrogen and oxygen atoms in total. The first-order valence-electron chi connectivity index (χ1n) is 31.0. The number of rotatable bonds is 56. The molecule has 3 atom stereocenters. The van der Waals surface area contributed by atoms with Gasteiger partial charge in [0.05, 0.1) is 33.8 Å². The fourth-order valence-electron chi connectivity index (χ4n) is 8.95. The molecule has 3 unspecified atom stereocenters. The van der Waals surface area contributed by atoms with Gasteiger partial charge in [0.15, 0.2) is 0 Å². The molecule has 0 spiro atoms. The number of carbonyl (C=O) groups is 2. The summed E-state index contributed by atoms with van der Waals surface area (Å²) in [5.41, 5.74) is 0. The number of unbranched alkanes of at least 4 members (excludes halogenated alkanes) is 34. The summed E-state index contributed by atoms with van der Waals surface area (Å²) >= 11 is 0. The molecule has 2 N–H and O–H groups in total. The van der Waals surface area contributed by atoms with Crippen molar-refractivity contribution in [2.24, 2.45) is 0 Å². The second-order valence-electron chi connectivity index (χ2n) is 22.2. The predicted octanol–water partition coefficient (Wildman–Crippen LogP) is 18.9. The van der Waals surface area contributed by atoms with Crippen LogP contribution in [-0.4, -0.2) is 74.3 Å². The number of likely N-dealkylation sites (N-methyl/N-ethyl adjacent to an activating group) is 1. The monoisotopic (exact) mass is 1050 g/mol. The molecule has 0 radical (unpaired) electrons. The highest BCUT2D eigenvalue weighted by Crippen LogP contribution is 2.43. The molecule has 0 saturated carbocycles. The van der Waals surface area contributed by atoms with E-state index in [1.165, 1.54) is 173 Å². The van der Waals surface area contributed by atoms with Crippen molar-refractivity contribution >= 4 is 19.7 Å². The second-order valence-corrected chi connectivity index (χ2v) is 23.7. The zero-order valence-corrected chi connectivity index (χ0v) is 49.8. The lowest BCUT2D eigenvalue weighted by molar-refractivity contribution is -0.870. The maximum atomic E-state index is 13.5. The standard InChI is InChI=1S/C63H119N2O7P/c1-7-10-13-16-19-22-25-28-30-31-32-33-35-37-40-43-46-49-52-55-62(66)64-60(59-71-73(68,69)70-58-57-65(4,5)6)61(54-51-48-45-42-39-36-27-24-21-18-15-12-9-3)72-63(67)56-53-50-47-44-41-38-34-29-26-23-20-17-14-11-8-2/h19,22,28,30,32-33,51,54,60-61H,7-18,20-21,23-27,29,31,34-50,52-53,55-59H2,1-6H3,(H-,64,66,68,69)/p+1/b22-19-,30-28-,33-32-,54-51+. The number of phosphoric acid groups is 1. The van der Waals surface area contributed by atoms with E-state index >= 15 is 0 Å². The molecule has 0 bridgehead atoms. The number of phosphoric ester groups is 1. The normalized spacial score (nSPS) is 14.0. The van der Waals surface area contributed by atoms with Gasteiger partial charge in [-0.3, -0.25) is 18.6 Å². The summed E-state index contributed by atoms with van der Waals surface area (Å²) in [7, 11) is 1.49. The van der Waals surface area contributed by atoms with Crippen LogP contribution in [0.25, 0.3) is 0 Å². The van der Waals surface area contributed by atoms with Crippen LogP contribution < -0.4 is 5.32 Å². The van der Waals surface area contributed by atoms with E-state index in [4.69, 9.17) is 13.8 Å². The largest absolute Gasteiger partial charge is 0.472 e. The van der Waals surface area contributed by atoms with Crippen molar-refractivity contribution in [1.82, 2.24) is 5.32 Å². The van der Waals surface area contributed by atoms with Gasteiger partial charge in [-0.2, -0.15) is 0 Å². The molecule has 0 rings (SSSR count). The van der Waals surface area contributed by atoms with Gasteiger partial charge < -0.3 is 19.4 Å². The molecule has 0 aliphatic rings. The van der Waals surface area contributed by atoms with Crippen LogP contribution >= 0.6 is 7.82 Å². The third kappa shape index (κ3) is 54.6. The minimum Gasteiger partial charge on any atom is -0.456 e. The lowest BCUT2D eigenvalue weighted by Gasteiger charge is -2.27. The van der Waals surface area contributed by atoms with Gasteiger partial charge in [-0.05, 0) is 70.3 Å². The number of hydrogen-bond acceptors (Lipinski definition) is 6. The Labute approximate surface area is 452 Å². The summed E-state index contributed by atoms with van der Waals surface area (Å²) in [5.74, 6) is -0.509. The van der Waals surface area contributed by atoms with Gasteiger partial charge in [0.2, 0.25) is 5.91 Å². The van der Waals surface area contributed by atoms with E-state index in [9.17, 15) is 19.0 Å². The van der Waals surface area contributed by atoms with E-state index in [-0.39, 0.29) is 25.1 Å². The zero-order chi connectivity index (χ0) is 53.6. The zero-order valence-electron chi connectivity index (χ0n) is 48.9. The van der Waals surface area contributed by atoms with E-state index in [1.807, 2.05) is 33.3 Å². The number of carbonyl (C=O) groups excluding carboxylic acids is 2. The first-order valence-corrected chi connectivity index (χ1v) is 32.5. The highest BCUT2D eigenvalue weighted by molar-refractivity contribution is 7.47. The number of ether oxygens (including phenoxy) is 1. The Morgan fingerprint density at radius 2 is 0.836 bits per heavy atom. The van der Waals surface area contributed by atoms with Crippen molar-refractivity contribution in [1.29, 1.82) is 0 Å². The molecule has 0 aromatic carbocycles. The molecule has 0 heterocycles. The summed E-state index contributed by atoms with van der Waals surface area (Å²) in [6, 6.07) is -0.853. The SMILES string of the molecule is CCCCC/C=C\C/C=C\C/C=C\CCCCCCCCC(=O)NC(COP(=O)(O)OCC[N+](C)(C)C)C(/C=C/CCCCCCCCCCCCC)OC(=O)CCCCCCCCCCCCCCCCC. The van der Waals surface area contributed by atoms with Gasteiger partial charge in [0, 0.05) is 12.8 Å². The summed E-state index contributed by atoms with van der Waals surface area (Å²) in [6.07, 6.45) is 65.2. The fourth-order valence-corrected chi connectivity index (χ4v) is 9.68. The van der Waals surface area contributed by atoms with E-state index in [1.54, 1.807) is 0 Å². The first-order chi connectivity index (χ1) is 35.4. The predicted molar refractivity (Wildman–Crippen MR) is 314 cm³/mol. The highest BCUT2D eigenvalue weighted by atomic mass is 31.2. The Bertz CT molecular complexity index is 1390. The highest BCUT2D eigenvalue weighted by Gasteiger charge is 2.30. The van der Waals surface area contributed by atoms with Crippen LogP contribution in [0.5, 0.6) is 0 Å². The van der Waals surface area contributed by atoms with Gasteiger partial charge in [0.1, 0.15) is 19.3 Å². The van der Waals surface area contributed by atoms with Crippen LogP contribution in [0.4, 0.5) is 0 Å². The van der Waals surface area contributed by atoms with Gasteiger partial charge >= 0.3 is 13.8 Å². The number of quaternary nitrogens is 1. The third-order valence-electron chi connectivity index (χ3n) is 13.8. The number of amides is 1. The molecule has 0 aliphatic carbocycles. The second kappa shape index (κ2) is 53.4. The Hall–Kier alpha value is -2.03. The quantitative estimate of drug-likeness (QED) is 0.0205. The third-order valence-corrected chi connectivity index (χ3v) is 14.8. The maximum Gasteiger partial charge on any atom is 0.472 e. The maximum absolute atomic E-state index is 13.5. The van der Waals surface area contributed by atoms with Crippen LogP contribution in [-0.2, 0) is 27.9 Å². The van der Waals surface area contributed by atoms with Crippen LogP contribution in [0.15, 0.2) is 48.6 Å². The van der Waals surface area contributed by atoms with E-state index in [0.29, 0.717) is 23.9 Å². The summed E-state index contributed by atoms with van der Waals surface area (Å²) in [4.78, 5) is 37.7. The molecule has 0 fully saturated rings. The topological polar surface area (TPSA) is 111 Å². The van der Waals surface area contributed by atoms with Crippen molar-refractivity contribution in [3.05, 3.63) is 48.6 Å². The molecule has 73 heavy (non-hydrogen) atoms. The molecular formula is C63H120N2O7P+. The van der Waals surface area contributed by atoms with Crippen LogP contribution in [0.3, 0.4) is 0 Å². The Morgan fingerprint density at radius 3 is 1.27 bits per heavy atom. The summed E-state index contributed by atoms with van der Waals surface area (Å²) < 4.78 is 30.7. The minimum absolute atomic E-state index is 0.0384. The lowest BCUT2D eigenvalue weighted by atomic mass is 10.0. The minimum atomic E-state index is -4.45. The number of esters is 1. The van der Waals surface area contributed by atoms with E-state index in [2.05, 4.69) is 62.5 Å². The Morgan fingerprint density at radius 1 is 0.479 bits per heavy atom. The van der Waals surface area contributed by atoms with Crippen LogP contribution in [0, 0.1) is 0 Å². The van der Waals surface area contributed by atoms with Gasteiger partial charge in [-0.25, -0.2) is 4.57 Å². The van der Waals surface area contributed by atoms with E-state index < -0.39 is 20.0 Å². The van der Waals surface area contributed by atoms with Crippen molar-refractivity contribution in [3.8, 4) is 0 Å². The first kappa shape index (κ1) is 71.0. The molecule has 428 valence electrons. The van der Waals surface area contributed by atoms with Gasteiger partial charge in [-0.15, -0.1) is 0 Å². The summed E-state index contributed by atoms with van der Waals surface area (Å²) in [5, 5.41) is 3.05. The number of hydrogen-bond donors (Lipinski definition) is 2. The Balaban J connectivity index is 5.31. The average molecular weight is 1050 g/mol. The molecule has 0 aromatic heterocycles. The summed E-state index contributed by atoms with van der Waals surface area (Å²) in [6.45, 7) is 7.00. The number of nitrogens with one attached hydrogen (secondary N) is 1. The smallest absolute Gasteiger partial charge is 0.456 e. The fraction of sp³-hybridized carbons (Fsp3) is 0.841. The molecule has 0 saturated heterocycles. The van der Waals surface area contributed by atoms with Gasteiger partial charge in [-0.1, -0.05) is 256 Å². The number of allylic oxidation sites excluding steroid dienone is 7. The molecule has 10 heteroatoms. The molecule has 0 aliphatic heterocycles. The molecule has 0 aromatic rings. The van der Waals surface area contributed by atoms with Crippen molar-refractivity contribution in [2.75, 3.05) is 40.9 Å².